The summed E-state index contributed by atoms with van der Waals surface area (Å²) in [5, 5.41) is 10.4. The van der Waals surface area contributed by atoms with Crippen molar-refractivity contribution in [3.63, 3.8) is 0 Å². The Morgan fingerprint density at radius 2 is 2.15 bits per heavy atom. The van der Waals surface area contributed by atoms with E-state index in [0.29, 0.717) is 29.1 Å². The van der Waals surface area contributed by atoms with E-state index < -0.39 is 0 Å². The molecule has 3 aromatic heterocycles. The Hall–Kier alpha value is -3.75. The summed E-state index contributed by atoms with van der Waals surface area (Å²) >= 11 is 0. The van der Waals surface area contributed by atoms with Crippen molar-refractivity contribution < 1.29 is 9.42 Å². The number of nitrogens with zero attached hydrogens (tertiary/aromatic N) is 5. The van der Waals surface area contributed by atoms with Gasteiger partial charge in [-0.15, -0.1) is 0 Å². The zero-order chi connectivity index (χ0) is 17.7. The molecule has 0 saturated carbocycles. The molecular weight excluding hydrogens is 334 g/mol. The second-order valence-corrected chi connectivity index (χ2v) is 5.98. The lowest BCUT2D eigenvalue weighted by atomic mass is 9.99. The topological polar surface area (TPSA) is 125 Å². The second-order valence-electron chi connectivity index (χ2n) is 5.98. The lowest BCUT2D eigenvalue weighted by Gasteiger charge is -2.18. The molecule has 0 fully saturated rings. The molecule has 4 heterocycles. The Labute approximate surface area is 146 Å². The molecule has 0 radical (unpaired) electrons. The minimum atomic E-state index is -0.0802. The standard InChI is InChI=1S/C17H13N7O2/c18-15-14(22-26-23-15)16-21-12-8-19-5-4-13(12)24(16)10-2-1-9-3-6-20-17(25)11(9)7-10/h1-2,4-5,7-8H,3,6H2,(H2,18,23)(H,20,25). The van der Waals surface area contributed by atoms with Gasteiger partial charge in [-0.1, -0.05) is 6.07 Å². The number of carbonyl (C=O) groups excluding carboxylic acids is 1. The minimum Gasteiger partial charge on any atom is -0.379 e. The van der Waals surface area contributed by atoms with E-state index in [4.69, 9.17) is 10.4 Å². The minimum absolute atomic E-state index is 0.0802. The van der Waals surface area contributed by atoms with Crippen molar-refractivity contribution in [2.24, 2.45) is 0 Å². The summed E-state index contributed by atoms with van der Waals surface area (Å²) in [6.45, 7) is 0.650. The van der Waals surface area contributed by atoms with Crippen molar-refractivity contribution in [1.82, 2.24) is 30.2 Å². The van der Waals surface area contributed by atoms with Crippen LogP contribution in [0.15, 0.2) is 41.3 Å². The average molecular weight is 347 g/mol. The molecule has 1 aliphatic rings. The van der Waals surface area contributed by atoms with E-state index >= 15 is 0 Å². The molecule has 0 atom stereocenters. The average Bonchev–Trinajstić information content (AvgIpc) is 3.25. The predicted molar refractivity (Wildman–Crippen MR) is 92.6 cm³/mol. The first-order valence-corrected chi connectivity index (χ1v) is 8.05. The number of hydrogen-bond donors (Lipinski definition) is 2. The summed E-state index contributed by atoms with van der Waals surface area (Å²) in [6, 6.07) is 7.60. The Balaban J connectivity index is 1.80. The van der Waals surface area contributed by atoms with Gasteiger partial charge in [0.15, 0.2) is 17.3 Å². The molecule has 128 valence electrons. The largest absolute Gasteiger partial charge is 0.379 e. The number of nitrogens with one attached hydrogen (secondary N) is 1. The number of aromatic nitrogens is 5. The second kappa shape index (κ2) is 5.38. The van der Waals surface area contributed by atoms with Crippen molar-refractivity contribution in [1.29, 1.82) is 0 Å². The molecule has 3 N–H and O–H groups in total. The van der Waals surface area contributed by atoms with Gasteiger partial charge >= 0.3 is 0 Å². The smallest absolute Gasteiger partial charge is 0.251 e. The zero-order valence-corrected chi connectivity index (χ0v) is 13.5. The van der Waals surface area contributed by atoms with Crippen LogP contribution in [0.5, 0.6) is 0 Å². The third-order valence-electron chi connectivity index (χ3n) is 4.46. The molecule has 0 aliphatic carbocycles. The lowest BCUT2D eigenvalue weighted by Crippen LogP contribution is -2.31. The van der Waals surface area contributed by atoms with Gasteiger partial charge in [-0.3, -0.25) is 14.3 Å². The van der Waals surface area contributed by atoms with Gasteiger partial charge in [0.25, 0.3) is 5.91 Å². The van der Waals surface area contributed by atoms with Gasteiger partial charge in [-0.25, -0.2) is 9.61 Å². The molecule has 4 aromatic rings. The Morgan fingerprint density at radius 1 is 1.23 bits per heavy atom. The quantitative estimate of drug-likeness (QED) is 0.560. The molecule has 9 heteroatoms. The number of nitrogen functional groups attached to an aromatic ring is 1. The van der Waals surface area contributed by atoms with Crippen LogP contribution in [0.2, 0.25) is 0 Å². The first kappa shape index (κ1) is 14.6. The summed E-state index contributed by atoms with van der Waals surface area (Å²) in [5.41, 5.74) is 10.1. The fourth-order valence-corrected chi connectivity index (χ4v) is 3.24. The van der Waals surface area contributed by atoms with Gasteiger partial charge in [-0.2, -0.15) is 0 Å². The highest BCUT2D eigenvalue weighted by Crippen LogP contribution is 2.30. The van der Waals surface area contributed by atoms with Crippen molar-refractivity contribution in [2.75, 3.05) is 12.3 Å². The molecule has 1 aliphatic heterocycles. The number of amides is 1. The molecule has 1 aromatic carbocycles. The Bertz CT molecular complexity index is 1160. The highest BCUT2D eigenvalue weighted by molar-refractivity contribution is 5.97. The molecule has 0 bridgehead atoms. The van der Waals surface area contributed by atoms with E-state index in [1.807, 2.05) is 28.8 Å². The number of carbonyl (C=O) groups is 1. The Morgan fingerprint density at radius 3 is 3.00 bits per heavy atom. The first-order valence-electron chi connectivity index (χ1n) is 8.05. The van der Waals surface area contributed by atoms with E-state index in [9.17, 15) is 4.79 Å². The Kier molecular flexibility index (Phi) is 3.02. The van der Waals surface area contributed by atoms with Crippen LogP contribution in [-0.4, -0.2) is 37.3 Å². The van der Waals surface area contributed by atoms with Crippen molar-refractivity contribution >= 4 is 22.8 Å². The fraction of sp³-hybridized carbons (Fsp3) is 0.118. The number of hydrogen-bond acceptors (Lipinski definition) is 7. The fourth-order valence-electron chi connectivity index (χ4n) is 3.24. The van der Waals surface area contributed by atoms with E-state index in [2.05, 4.69) is 25.6 Å². The molecule has 1 amide bonds. The maximum Gasteiger partial charge on any atom is 0.251 e. The van der Waals surface area contributed by atoms with Gasteiger partial charge < -0.3 is 11.1 Å². The van der Waals surface area contributed by atoms with Gasteiger partial charge in [0.2, 0.25) is 0 Å². The number of imidazole rings is 1. The molecule has 0 unspecified atom stereocenters. The van der Waals surface area contributed by atoms with Crippen LogP contribution in [0.3, 0.4) is 0 Å². The maximum atomic E-state index is 12.2. The predicted octanol–water partition coefficient (Wildman–Crippen LogP) is 1.34. The SMILES string of the molecule is Nc1nonc1-c1nc2cnccc2n1-c1ccc2c(c1)C(=O)NCC2. The van der Waals surface area contributed by atoms with Gasteiger partial charge in [0.05, 0.1) is 11.7 Å². The molecule has 5 rings (SSSR count). The lowest BCUT2D eigenvalue weighted by molar-refractivity contribution is 0.0946. The molecule has 0 spiro atoms. The summed E-state index contributed by atoms with van der Waals surface area (Å²) in [7, 11) is 0. The molecule has 9 nitrogen and oxygen atoms in total. The third kappa shape index (κ3) is 2.07. The van der Waals surface area contributed by atoms with Gasteiger partial charge in [-0.05, 0) is 40.5 Å². The molecule has 26 heavy (non-hydrogen) atoms. The highest BCUT2D eigenvalue weighted by atomic mass is 16.6. The summed E-state index contributed by atoms with van der Waals surface area (Å²) in [6.07, 6.45) is 4.15. The van der Waals surface area contributed by atoms with E-state index in [1.165, 1.54) is 0 Å². The normalized spacial score (nSPS) is 13.6. The first-order chi connectivity index (χ1) is 12.7. The number of anilines is 1. The number of pyridine rings is 1. The van der Waals surface area contributed by atoms with Gasteiger partial charge in [0, 0.05) is 24.0 Å². The molecular formula is C17H13N7O2. The van der Waals surface area contributed by atoms with Crippen molar-refractivity contribution in [3.05, 3.63) is 47.8 Å². The number of benzene rings is 1. The number of rotatable bonds is 2. The van der Waals surface area contributed by atoms with Crippen LogP contribution in [0.1, 0.15) is 15.9 Å². The highest BCUT2D eigenvalue weighted by Gasteiger charge is 2.22. The summed E-state index contributed by atoms with van der Waals surface area (Å²) in [4.78, 5) is 20.9. The number of fused-ring (bicyclic) bond motifs is 2. The van der Waals surface area contributed by atoms with Crippen LogP contribution < -0.4 is 11.1 Å². The van der Waals surface area contributed by atoms with Crippen molar-refractivity contribution in [2.45, 2.75) is 6.42 Å². The van der Waals surface area contributed by atoms with Crippen LogP contribution in [0.25, 0.3) is 28.2 Å². The maximum absolute atomic E-state index is 12.2. The summed E-state index contributed by atoms with van der Waals surface area (Å²) in [5.74, 6) is 0.538. The summed E-state index contributed by atoms with van der Waals surface area (Å²) < 4.78 is 6.61. The monoisotopic (exact) mass is 347 g/mol. The van der Waals surface area contributed by atoms with Crippen LogP contribution >= 0.6 is 0 Å². The van der Waals surface area contributed by atoms with E-state index in [1.54, 1.807) is 12.4 Å². The van der Waals surface area contributed by atoms with Crippen LogP contribution in [0, 0.1) is 0 Å². The van der Waals surface area contributed by atoms with E-state index in [-0.39, 0.29) is 11.7 Å². The zero-order valence-electron chi connectivity index (χ0n) is 13.5. The van der Waals surface area contributed by atoms with E-state index in [0.717, 1.165) is 23.2 Å². The molecule has 0 saturated heterocycles. The van der Waals surface area contributed by atoms with Crippen LogP contribution in [0.4, 0.5) is 5.82 Å². The van der Waals surface area contributed by atoms with Crippen LogP contribution in [-0.2, 0) is 6.42 Å². The third-order valence-corrected chi connectivity index (χ3v) is 4.46. The van der Waals surface area contributed by atoms with Crippen molar-refractivity contribution in [3.8, 4) is 17.2 Å². The van der Waals surface area contributed by atoms with Gasteiger partial charge in [0.1, 0.15) is 5.52 Å². The number of nitrogens with two attached hydrogens (primary N) is 1.